The molecule has 1 unspecified atom stereocenters. The number of amides is 1. The predicted molar refractivity (Wildman–Crippen MR) is 92.2 cm³/mol. The molecule has 5 heteroatoms. The van der Waals surface area contributed by atoms with Crippen molar-refractivity contribution in [1.29, 1.82) is 0 Å². The Morgan fingerprint density at radius 2 is 2.30 bits per heavy atom. The molecule has 2 aromatic heterocycles. The number of carbonyl (C=O) groups is 1. The maximum absolute atomic E-state index is 12.5. The molecule has 0 spiro atoms. The Kier molecular flexibility index (Phi) is 5.39. The highest BCUT2D eigenvalue weighted by Crippen LogP contribution is 2.33. The van der Waals surface area contributed by atoms with E-state index in [0.29, 0.717) is 5.75 Å². The van der Waals surface area contributed by atoms with E-state index >= 15 is 0 Å². The minimum Gasteiger partial charge on any atom is -0.464 e. The van der Waals surface area contributed by atoms with Crippen molar-refractivity contribution in [3.63, 3.8) is 0 Å². The van der Waals surface area contributed by atoms with Gasteiger partial charge in [0.2, 0.25) is 5.91 Å². The van der Waals surface area contributed by atoms with Crippen LogP contribution in [0, 0.1) is 0 Å². The quantitative estimate of drug-likeness (QED) is 0.807. The van der Waals surface area contributed by atoms with Crippen LogP contribution in [0.5, 0.6) is 0 Å². The molecule has 4 nitrogen and oxygen atoms in total. The number of furan rings is 1. The number of rotatable bonds is 6. The molecule has 3 heterocycles. The Morgan fingerprint density at radius 1 is 1.39 bits per heavy atom. The van der Waals surface area contributed by atoms with Crippen molar-refractivity contribution in [2.75, 3.05) is 12.3 Å². The summed E-state index contributed by atoms with van der Waals surface area (Å²) in [6.07, 6.45) is 4.72. The summed E-state index contributed by atoms with van der Waals surface area (Å²) >= 11 is 1.62. The summed E-state index contributed by atoms with van der Waals surface area (Å²) in [5, 5.41) is 0. The van der Waals surface area contributed by atoms with Crippen LogP contribution < -0.4 is 0 Å². The van der Waals surface area contributed by atoms with E-state index in [-0.39, 0.29) is 11.9 Å². The van der Waals surface area contributed by atoms with Crippen LogP contribution in [0.2, 0.25) is 0 Å². The Balaban J connectivity index is 1.55. The zero-order valence-electron chi connectivity index (χ0n) is 13.4. The van der Waals surface area contributed by atoms with Gasteiger partial charge >= 0.3 is 0 Å². The molecule has 0 N–H and O–H groups in total. The second-order valence-corrected chi connectivity index (χ2v) is 6.70. The van der Waals surface area contributed by atoms with E-state index in [1.807, 2.05) is 35.2 Å². The average molecular weight is 330 g/mol. The lowest BCUT2D eigenvalue weighted by molar-refractivity contribution is -0.129. The molecule has 0 bridgehead atoms. The molecule has 1 amide bonds. The van der Waals surface area contributed by atoms with Crippen molar-refractivity contribution in [3.8, 4) is 0 Å². The zero-order chi connectivity index (χ0) is 16.1. The fourth-order valence-corrected chi connectivity index (χ4v) is 3.76. The van der Waals surface area contributed by atoms with Gasteiger partial charge < -0.3 is 9.32 Å². The van der Waals surface area contributed by atoms with E-state index in [0.717, 1.165) is 48.8 Å². The summed E-state index contributed by atoms with van der Waals surface area (Å²) < 4.78 is 5.86. The number of hydrogen-bond donors (Lipinski definition) is 0. The molecule has 2 aromatic rings. The molecule has 0 saturated carbocycles. The molecule has 1 saturated heterocycles. The Morgan fingerprint density at radius 3 is 3.04 bits per heavy atom. The van der Waals surface area contributed by atoms with Gasteiger partial charge in [0.25, 0.3) is 0 Å². The zero-order valence-corrected chi connectivity index (χ0v) is 14.2. The van der Waals surface area contributed by atoms with Crippen LogP contribution in [0.1, 0.15) is 43.0 Å². The lowest BCUT2D eigenvalue weighted by Gasteiger charge is -2.23. The second-order valence-electron chi connectivity index (χ2n) is 5.72. The Hall–Kier alpha value is -1.75. The van der Waals surface area contributed by atoms with Crippen molar-refractivity contribution in [2.24, 2.45) is 0 Å². The van der Waals surface area contributed by atoms with E-state index < -0.39 is 0 Å². The van der Waals surface area contributed by atoms with Crippen LogP contribution in [0.25, 0.3) is 0 Å². The van der Waals surface area contributed by atoms with E-state index in [9.17, 15) is 4.79 Å². The predicted octanol–water partition coefficient (Wildman–Crippen LogP) is 3.83. The largest absolute Gasteiger partial charge is 0.464 e. The number of pyridine rings is 1. The van der Waals surface area contributed by atoms with E-state index in [4.69, 9.17) is 4.42 Å². The summed E-state index contributed by atoms with van der Waals surface area (Å²) in [5.74, 6) is 3.38. The van der Waals surface area contributed by atoms with Crippen LogP contribution >= 0.6 is 11.8 Å². The fraction of sp³-hybridized carbons (Fsp3) is 0.444. The minimum absolute atomic E-state index is 0.109. The SMILES string of the molecule is CCc1ccc(C2CCCN2C(=O)CSCc2ccccn2)o1. The number of nitrogens with zero attached hydrogens (tertiary/aromatic N) is 2. The van der Waals surface area contributed by atoms with Gasteiger partial charge in [-0.15, -0.1) is 11.8 Å². The van der Waals surface area contributed by atoms with Gasteiger partial charge in [-0.1, -0.05) is 13.0 Å². The van der Waals surface area contributed by atoms with Gasteiger partial charge in [-0.05, 0) is 37.1 Å². The summed E-state index contributed by atoms with van der Waals surface area (Å²) in [6.45, 7) is 2.91. The normalized spacial score (nSPS) is 17.6. The second kappa shape index (κ2) is 7.68. The highest BCUT2D eigenvalue weighted by atomic mass is 32.2. The molecular weight excluding hydrogens is 308 g/mol. The lowest BCUT2D eigenvalue weighted by Crippen LogP contribution is -2.31. The third-order valence-electron chi connectivity index (χ3n) is 4.13. The monoisotopic (exact) mass is 330 g/mol. The summed E-state index contributed by atoms with van der Waals surface area (Å²) in [4.78, 5) is 18.8. The third-order valence-corrected chi connectivity index (χ3v) is 5.09. The van der Waals surface area contributed by atoms with Crippen LogP contribution in [0.3, 0.4) is 0 Å². The van der Waals surface area contributed by atoms with Gasteiger partial charge in [-0.2, -0.15) is 0 Å². The van der Waals surface area contributed by atoms with Gasteiger partial charge in [-0.25, -0.2) is 0 Å². The summed E-state index contributed by atoms with van der Waals surface area (Å²) in [6, 6.07) is 10.0. The number of carbonyl (C=O) groups excluding carboxylic acids is 1. The maximum Gasteiger partial charge on any atom is 0.233 e. The van der Waals surface area contributed by atoms with Gasteiger partial charge in [0, 0.05) is 24.9 Å². The lowest BCUT2D eigenvalue weighted by atomic mass is 10.1. The van der Waals surface area contributed by atoms with Crippen LogP contribution in [-0.4, -0.2) is 28.1 Å². The fourth-order valence-electron chi connectivity index (χ4n) is 2.93. The molecule has 1 aliphatic heterocycles. The van der Waals surface area contributed by atoms with Crippen molar-refractivity contribution in [2.45, 2.75) is 38.0 Å². The smallest absolute Gasteiger partial charge is 0.233 e. The first-order chi connectivity index (χ1) is 11.3. The standard InChI is InChI=1S/C18H22N2O2S/c1-2-15-8-9-17(22-15)16-7-5-11-20(16)18(21)13-23-12-14-6-3-4-10-19-14/h3-4,6,8-10,16H,2,5,7,11-13H2,1H3. The van der Waals surface area contributed by atoms with Crippen molar-refractivity contribution in [3.05, 3.63) is 53.7 Å². The first-order valence-corrected chi connectivity index (χ1v) is 9.29. The average Bonchev–Trinajstić information content (AvgIpc) is 3.24. The van der Waals surface area contributed by atoms with Gasteiger partial charge in [-0.3, -0.25) is 9.78 Å². The van der Waals surface area contributed by atoms with E-state index in [2.05, 4.69) is 11.9 Å². The van der Waals surface area contributed by atoms with Crippen molar-refractivity contribution in [1.82, 2.24) is 9.88 Å². The molecule has 23 heavy (non-hydrogen) atoms. The van der Waals surface area contributed by atoms with Crippen LogP contribution in [-0.2, 0) is 17.0 Å². The third kappa shape index (κ3) is 3.96. The molecule has 0 aromatic carbocycles. The molecule has 3 rings (SSSR count). The van der Waals surface area contributed by atoms with Gasteiger partial charge in [0.05, 0.1) is 17.5 Å². The number of hydrogen-bond acceptors (Lipinski definition) is 4. The molecule has 1 fully saturated rings. The highest BCUT2D eigenvalue weighted by molar-refractivity contribution is 7.99. The minimum atomic E-state index is 0.109. The molecule has 0 radical (unpaired) electrons. The van der Waals surface area contributed by atoms with Gasteiger partial charge in [0.1, 0.15) is 11.5 Å². The van der Waals surface area contributed by atoms with Crippen molar-refractivity contribution >= 4 is 17.7 Å². The maximum atomic E-state index is 12.5. The number of aryl methyl sites for hydroxylation is 1. The van der Waals surface area contributed by atoms with Crippen LogP contribution in [0.4, 0.5) is 0 Å². The number of likely N-dealkylation sites (tertiary alicyclic amines) is 1. The van der Waals surface area contributed by atoms with Crippen molar-refractivity contribution < 1.29 is 9.21 Å². The summed E-state index contributed by atoms with van der Waals surface area (Å²) in [5.41, 5.74) is 1.02. The molecule has 122 valence electrons. The molecule has 1 atom stereocenters. The molecular formula is C18H22N2O2S. The van der Waals surface area contributed by atoms with E-state index in [1.54, 1.807) is 18.0 Å². The van der Waals surface area contributed by atoms with Gasteiger partial charge in [0.15, 0.2) is 0 Å². The first-order valence-electron chi connectivity index (χ1n) is 8.13. The van der Waals surface area contributed by atoms with E-state index in [1.165, 1.54) is 0 Å². The van der Waals surface area contributed by atoms with Crippen LogP contribution in [0.15, 0.2) is 40.9 Å². The molecule has 1 aliphatic rings. The Labute approximate surface area is 141 Å². The topological polar surface area (TPSA) is 46.3 Å². The Bertz CT molecular complexity index is 641. The summed E-state index contributed by atoms with van der Waals surface area (Å²) in [7, 11) is 0. The first kappa shape index (κ1) is 16.1. The number of thioether (sulfide) groups is 1. The highest BCUT2D eigenvalue weighted by Gasteiger charge is 2.31. The molecule has 0 aliphatic carbocycles. The number of aromatic nitrogens is 1.